The molecule has 4 nitrogen and oxygen atoms in total. The number of hydrogen-bond donors (Lipinski definition) is 1. The Morgan fingerprint density at radius 1 is 1.00 bits per heavy atom. The van der Waals surface area contributed by atoms with E-state index >= 15 is 0 Å². The molecule has 0 fully saturated rings. The van der Waals surface area contributed by atoms with Crippen molar-refractivity contribution in [1.29, 1.82) is 0 Å². The van der Waals surface area contributed by atoms with Gasteiger partial charge in [-0.15, -0.1) is 0 Å². The minimum atomic E-state index is 0. The van der Waals surface area contributed by atoms with Gasteiger partial charge in [0.15, 0.2) is 11.5 Å². The molecule has 0 saturated carbocycles. The van der Waals surface area contributed by atoms with E-state index in [-0.39, 0.29) is 42.5 Å². The second-order valence-electron chi connectivity index (χ2n) is 2.35. The van der Waals surface area contributed by atoms with E-state index in [1.807, 2.05) is 0 Å². The summed E-state index contributed by atoms with van der Waals surface area (Å²) in [5.41, 5.74) is 0. The van der Waals surface area contributed by atoms with E-state index in [0.29, 0.717) is 11.5 Å². The van der Waals surface area contributed by atoms with Gasteiger partial charge in [0.1, 0.15) is 0 Å². The number of rotatable bonds is 3. The van der Waals surface area contributed by atoms with Gasteiger partial charge in [-0.3, -0.25) is 0 Å². The largest absolute Gasteiger partial charge is 1.00 e. The summed E-state index contributed by atoms with van der Waals surface area (Å²) in [6.07, 6.45) is 0. The Labute approximate surface area is 107 Å². The van der Waals surface area contributed by atoms with Crippen molar-refractivity contribution >= 4 is 0 Å². The van der Waals surface area contributed by atoms with E-state index in [9.17, 15) is 5.11 Å². The second kappa shape index (κ2) is 6.01. The van der Waals surface area contributed by atoms with Gasteiger partial charge in [-0.1, -0.05) is 0 Å². The molecular formula is C9H13NaO4. The molecule has 0 aliphatic rings. The molecule has 0 saturated heterocycles. The van der Waals surface area contributed by atoms with E-state index in [0.717, 1.165) is 0 Å². The molecule has 0 heterocycles. The van der Waals surface area contributed by atoms with Gasteiger partial charge in [-0.05, 0) is 12.1 Å². The third-order valence-electron chi connectivity index (χ3n) is 1.68. The van der Waals surface area contributed by atoms with E-state index < -0.39 is 0 Å². The monoisotopic (exact) mass is 208 g/mol. The molecule has 0 aromatic heterocycles. The topological polar surface area (TPSA) is 47.9 Å². The van der Waals surface area contributed by atoms with Crippen molar-refractivity contribution in [3.05, 3.63) is 12.1 Å². The van der Waals surface area contributed by atoms with Gasteiger partial charge in [0.25, 0.3) is 0 Å². The van der Waals surface area contributed by atoms with Crippen molar-refractivity contribution in [2.24, 2.45) is 0 Å². The summed E-state index contributed by atoms with van der Waals surface area (Å²) in [7, 11) is 4.46. The van der Waals surface area contributed by atoms with E-state index in [1.165, 1.54) is 27.4 Å². The maximum absolute atomic E-state index is 9.38. The Balaban J connectivity index is 0. The van der Waals surface area contributed by atoms with E-state index in [1.54, 1.807) is 6.07 Å². The molecule has 0 atom stereocenters. The van der Waals surface area contributed by atoms with Crippen molar-refractivity contribution in [3.63, 3.8) is 0 Å². The Morgan fingerprint density at radius 2 is 1.57 bits per heavy atom. The number of benzene rings is 1. The first-order valence-electron chi connectivity index (χ1n) is 3.72. The van der Waals surface area contributed by atoms with Crippen LogP contribution in [0.25, 0.3) is 0 Å². The fraction of sp³-hybridized carbons (Fsp3) is 0.333. The number of hydrogen-bond acceptors (Lipinski definition) is 4. The van der Waals surface area contributed by atoms with Gasteiger partial charge in [-0.2, -0.15) is 0 Å². The van der Waals surface area contributed by atoms with Crippen molar-refractivity contribution in [2.75, 3.05) is 21.3 Å². The number of aromatic hydroxyl groups is 1. The fourth-order valence-corrected chi connectivity index (χ4v) is 1.09. The molecular weight excluding hydrogens is 195 g/mol. The van der Waals surface area contributed by atoms with E-state index in [2.05, 4.69) is 0 Å². The van der Waals surface area contributed by atoms with Gasteiger partial charge in [0.2, 0.25) is 11.5 Å². The molecule has 1 rings (SSSR count). The van der Waals surface area contributed by atoms with Gasteiger partial charge in [0.05, 0.1) is 21.3 Å². The molecule has 0 aliphatic heterocycles. The summed E-state index contributed by atoms with van der Waals surface area (Å²) in [5.74, 6) is 1.23. The van der Waals surface area contributed by atoms with Crippen molar-refractivity contribution in [3.8, 4) is 23.0 Å². The minimum Gasteiger partial charge on any atom is -1.00 e. The van der Waals surface area contributed by atoms with E-state index in [4.69, 9.17) is 14.2 Å². The van der Waals surface area contributed by atoms with Crippen molar-refractivity contribution in [1.82, 2.24) is 0 Å². The molecule has 0 unspecified atom stereocenters. The Kier molecular flexibility index (Phi) is 5.76. The molecule has 0 radical (unpaired) electrons. The average Bonchev–Trinajstić information content (AvgIpc) is 2.17. The molecule has 74 valence electrons. The van der Waals surface area contributed by atoms with Crippen LogP contribution in [0.4, 0.5) is 0 Å². The van der Waals surface area contributed by atoms with Gasteiger partial charge < -0.3 is 20.7 Å². The zero-order valence-corrected chi connectivity index (χ0v) is 10.8. The normalized spacial score (nSPS) is 8.79. The predicted molar refractivity (Wildman–Crippen MR) is 48.9 cm³/mol. The van der Waals surface area contributed by atoms with Gasteiger partial charge in [-0.25, -0.2) is 0 Å². The first-order valence-corrected chi connectivity index (χ1v) is 3.72. The molecule has 1 aromatic carbocycles. The zero-order valence-electron chi connectivity index (χ0n) is 9.83. The van der Waals surface area contributed by atoms with Crippen LogP contribution >= 0.6 is 0 Å². The number of methoxy groups -OCH3 is 3. The summed E-state index contributed by atoms with van der Waals surface area (Å²) in [6, 6.07) is 3.09. The molecule has 1 aromatic rings. The zero-order chi connectivity index (χ0) is 9.84. The van der Waals surface area contributed by atoms with Crippen LogP contribution in [0, 0.1) is 0 Å². The van der Waals surface area contributed by atoms with Crippen LogP contribution in [0.3, 0.4) is 0 Å². The third-order valence-corrected chi connectivity index (χ3v) is 1.68. The quantitative estimate of drug-likeness (QED) is 0.616. The van der Waals surface area contributed by atoms with Crippen molar-refractivity contribution in [2.45, 2.75) is 0 Å². The third kappa shape index (κ3) is 2.47. The fourth-order valence-electron chi connectivity index (χ4n) is 1.09. The van der Waals surface area contributed by atoms with Crippen LogP contribution in [-0.2, 0) is 0 Å². The number of phenolic OH excluding ortho intramolecular Hbond substituents is 1. The van der Waals surface area contributed by atoms with Gasteiger partial charge in [0, 0.05) is 0 Å². The smallest absolute Gasteiger partial charge is 1.00 e. The Hall–Kier alpha value is -0.580. The molecule has 1 N–H and O–H groups in total. The summed E-state index contributed by atoms with van der Waals surface area (Å²) in [6.45, 7) is 0. The Bertz CT molecular complexity index is 306. The summed E-state index contributed by atoms with van der Waals surface area (Å²) in [4.78, 5) is 0. The summed E-state index contributed by atoms with van der Waals surface area (Å²) >= 11 is 0. The first-order chi connectivity index (χ1) is 6.24. The molecule has 0 amide bonds. The molecule has 0 spiro atoms. The van der Waals surface area contributed by atoms with Crippen LogP contribution in [0.2, 0.25) is 0 Å². The predicted octanol–water partition coefficient (Wildman–Crippen LogP) is -1.47. The van der Waals surface area contributed by atoms with Crippen molar-refractivity contribution < 1.29 is 50.3 Å². The van der Waals surface area contributed by atoms with Crippen LogP contribution in [-0.4, -0.2) is 26.4 Å². The summed E-state index contributed by atoms with van der Waals surface area (Å²) in [5, 5.41) is 9.38. The van der Waals surface area contributed by atoms with Crippen LogP contribution in [0.1, 0.15) is 1.43 Å². The standard InChI is InChI=1S/C9H12O4.Na.H/c1-11-7-5-4-6(10)8(12-2)9(7)13-3;;/h4-5,10H,1-3H3;;/q;+1;-1. The number of ether oxygens (including phenoxy) is 3. The SMILES string of the molecule is COc1ccc(O)c(OC)c1OC.[H-].[Na+]. The molecule has 0 bridgehead atoms. The first kappa shape index (κ1) is 13.4. The average molecular weight is 208 g/mol. The van der Waals surface area contributed by atoms with Crippen LogP contribution in [0.5, 0.6) is 23.0 Å². The van der Waals surface area contributed by atoms with Crippen LogP contribution in [0.15, 0.2) is 12.1 Å². The molecule has 0 aliphatic carbocycles. The maximum Gasteiger partial charge on any atom is 1.00 e. The van der Waals surface area contributed by atoms with Crippen LogP contribution < -0.4 is 43.8 Å². The summed E-state index contributed by atoms with van der Waals surface area (Å²) < 4.78 is 15.0. The molecule has 14 heavy (non-hydrogen) atoms. The molecule has 5 heteroatoms. The van der Waals surface area contributed by atoms with Gasteiger partial charge >= 0.3 is 29.6 Å². The maximum atomic E-state index is 9.38. The number of phenols is 1. The second-order valence-corrected chi connectivity index (χ2v) is 2.35. The Morgan fingerprint density at radius 3 is 2.00 bits per heavy atom. The minimum absolute atomic E-state index is 0.